The molecule has 2 N–H and O–H groups in total. The summed E-state index contributed by atoms with van der Waals surface area (Å²) in [6.07, 6.45) is 0. The van der Waals surface area contributed by atoms with E-state index in [9.17, 15) is 9.59 Å². The molecule has 2 aromatic carbocycles. The average molecular weight is 419 g/mol. The Morgan fingerprint density at radius 1 is 1.13 bits per heavy atom. The zero-order valence-corrected chi connectivity index (χ0v) is 17.6. The summed E-state index contributed by atoms with van der Waals surface area (Å²) in [5, 5.41) is 3.46. The molecule has 7 heteroatoms. The molecule has 1 amide bonds. The van der Waals surface area contributed by atoms with Crippen LogP contribution in [-0.4, -0.2) is 34.4 Å². The van der Waals surface area contributed by atoms with Gasteiger partial charge in [-0.3, -0.25) is 14.5 Å². The number of hydrogen-bond acceptors (Lipinski definition) is 5. The minimum absolute atomic E-state index is 0.118. The van der Waals surface area contributed by atoms with Crippen molar-refractivity contribution >= 4 is 33.1 Å². The molecule has 4 aromatic rings. The monoisotopic (exact) mass is 418 g/mol. The molecule has 2 heterocycles. The van der Waals surface area contributed by atoms with Crippen LogP contribution in [0, 0.1) is 6.92 Å². The third-order valence-electron chi connectivity index (χ3n) is 4.68. The van der Waals surface area contributed by atoms with E-state index in [1.807, 2.05) is 79.5 Å². The topological polar surface area (TPSA) is 78.1 Å². The Hall–Kier alpha value is -3.29. The van der Waals surface area contributed by atoms with E-state index in [0.717, 1.165) is 21.7 Å². The largest absolute Gasteiger partial charge is 0.325 e. The standard InChI is InChI=1S/C23H22N4O2S/c1-15-8-10-17(11-9-15)24-21(28)14-27(2)13-20-25-22(29)18-12-19(30-23(18)26-20)16-6-4-3-5-7-16/h3-12H,13-14H2,1-2H3,(H,24,28)(H,25,26,29). The summed E-state index contributed by atoms with van der Waals surface area (Å²) >= 11 is 1.49. The Morgan fingerprint density at radius 3 is 2.60 bits per heavy atom. The van der Waals surface area contributed by atoms with Crippen LogP contribution in [0.1, 0.15) is 11.4 Å². The Bertz CT molecular complexity index is 1230. The number of anilines is 1. The fourth-order valence-electron chi connectivity index (χ4n) is 3.19. The number of aromatic amines is 1. The van der Waals surface area contributed by atoms with Crippen molar-refractivity contribution in [2.24, 2.45) is 0 Å². The van der Waals surface area contributed by atoms with Gasteiger partial charge < -0.3 is 10.3 Å². The summed E-state index contributed by atoms with van der Waals surface area (Å²) in [6, 6.07) is 19.5. The number of benzene rings is 2. The van der Waals surface area contributed by atoms with Crippen LogP contribution in [0.4, 0.5) is 5.69 Å². The second-order valence-corrected chi connectivity index (χ2v) is 8.33. The van der Waals surface area contributed by atoms with Crippen molar-refractivity contribution in [2.45, 2.75) is 13.5 Å². The highest BCUT2D eigenvalue weighted by molar-refractivity contribution is 7.21. The predicted octanol–water partition coefficient (Wildman–Crippen LogP) is 4.03. The number of likely N-dealkylation sites (N-methyl/N-ethyl adjacent to an activating group) is 1. The third-order valence-corrected chi connectivity index (χ3v) is 5.76. The van der Waals surface area contributed by atoms with Gasteiger partial charge in [0.2, 0.25) is 5.91 Å². The lowest BCUT2D eigenvalue weighted by Gasteiger charge is -2.15. The molecule has 30 heavy (non-hydrogen) atoms. The molecule has 0 fully saturated rings. The van der Waals surface area contributed by atoms with Gasteiger partial charge in [0.15, 0.2) is 0 Å². The summed E-state index contributed by atoms with van der Waals surface area (Å²) in [6.45, 7) is 2.56. The first-order valence-electron chi connectivity index (χ1n) is 9.61. The van der Waals surface area contributed by atoms with Gasteiger partial charge in [-0.2, -0.15) is 0 Å². The summed E-state index contributed by atoms with van der Waals surface area (Å²) < 4.78 is 0. The zero-order valence-electron chi connectivity index (χ0n) is 16.8. The highest BCUT2D eigenvalue weighted by Crippen LogP contribution is 2.30. The second kappa shape index (κ2) is 8.61. The number of nitrogens with zero attached hydrogens (tertiary/aromatic N) is 2. The maximum atomic E-state index is 12.5. The van der Waals surface area contributed by atoms with Gasteiger partial charge in [0.25, 0.3) is 5.56 Å². The van der Waals surface area contributed by atoms with E-state index in [0.29, 0.717) is 22.6 Å². The Morgan fingerprint density at radius 2 is 1.87 bits per heavy atom. The van der Waals surface area contributed by atoms with Gasteiger partial charge in [0.1, 0.15) is 10.7 Å². The van der Waals surface area contributed by atoms with Crippen molar-refractivity contribution in [1.82, 2.24) is 14.9 Å². The number of carbonyl (C=O) groups excluding carboxylic acids is 1. The molecule has 0 aliphatic carbocycles. The van der Waals surface area contributed by atoms with Crippen LogP contribution < -0.4 is 10.9 Å². The second-order valence-electron chi connectivity index (χ2n) is 7.29. The molecule has 0 saturated heterocycles. The van der Waals surface area contributed by atoms with E-state index < -0.39 is 0 Å². The van der Waals surface area contributed by atoms with Crippen LogP contribution >= 0.6 is 11.3 Å². The Labute approximate surface area is 178 Å². The minimum atomic E-state index is -0.161. The normalized spacial score (nSPS) is 11.2. The van der Waals surface area contributed by atoms with Crippen LogP contribution in [0.15, 0.2) is 65.5 Å². The number of fused-ring (bicyclic) bond motifs is 1. The third kappa shape index (κ3) is 4.64. The number of rotatable bonds is 6. The molecule has 0 atom stereocenters. The zero-order chi connectivity index (χ0) is 21.1. The maximum Gasteiger partial charge on any atom is 0.259 e. The molecular formula is C23H22N4O2S. The van der Waals surface area contributed by atoms with Crippen molar-refractivity contribution in [3.8, 4) is 10.4 Å². The average Bonchev–Trinajstić information content (AvgIpc) is 3.15. The van der Waals surface area contributed by atoms with E-state index >= 15 is 0 Å². The van der Waals surface area contributed by atoms with E-state index in [1.54, 1.807) is 0 Å². The molecule has 0 unspecified atom stereocenters. The van der Waals surface area contributed by atoms with Crippen LogP contribution in [0.25, 0.3) is 20.7 Å². The van der Waals surface area contributed by atoms with Crippen LogP contribution in [0.5, 0.6) is 0 Å². The van der Waals surface area contributed by atoms with Gasteiger partial charge in [-0.05, 0) is 37.7 Å². The van der Waals surface area contributed by atoms with Gasteiger partial charge in [-0.25, -0.2) is 4.98 Å². The molecule has 0 saturated carbocycles. The van der Waals surface area contributed by atoms with Gasteiger partial charge in [0, 0.05) is 10.6 Å². The number of amides is 1. The fourth-order valence-corrected chi connectivity index (χ4v) is 4.25. The Kier molecular flexibility index (Phi) is 5.74. The lowest BCUT2D eigenvalue weighted by atomic mass is 10.2. The first kappa shape index (κ1) is 20.0. The van der Waals surface area contributed by atoms with Crippen LogP contribution in [-0.2, 0) is 11.3 Å². The molecule has 0 aliphatic heterocycles. The van der Waals surface area contributed by atoms with E-state index in [2.05, 4.69) is 15.3 Å². The minimum Gasteiger partial charge on any atom is -0.325 e. The van der Waals surface area contributed by atoms with Crippen molar-refractivity contribution in [1.29, 1.82) is 0 Å². The highest BCUT2D eigenvalue weighted by atomic mass is 32.1. The SMILES string of the molecule is Cc1ccc(NC(=O)CN(C)Cc2nc3sc(-c4ccccc4)cc3c(=O)[nH]2)cc1. The smallest absolute Gasteiger partial charge is 0.259 e. The molecule has 4 rings (SSSR count). The summed E-state index contributed by atoms with van der Waals surface area (Å²) in [5.74, 6) is 0.423. The quantitative estimate of drug-likeness (QED) is 0.496. The fraction of sp³-hybridized carbons (Fsp3) is 0.174. The lowest BCUT2D eigenvalue weighted by molar-refractivity contribution is -0.117. The summed E-state index contributed by atoms with van der Waals surface area (Å²) in [4.78, 5) is 35.8. The predicted molar refractivity (Wildman–Crippen MR) is 122 cm³/mol. The number of H-pyrrole nitrogens is 1. The van der Waals surface area contributed by atoms with E-state index in [-0.39, 0.29) is 18.0 Å². The molecular weight excluding hydrogens is 396 g/mol. The van der Waals surface area contributed by atoms with Crippen molar-refractivity contribution in [2.75, 3.05) is 18.9 Å². The van der Waals surface area contributed by atoms with Crippen molar-refractivity contribution < 1.29 is 4.79 Å². The number of carbonyl (C=O) groups is 1. The molecule has 2 aromatic heterocycles. The summed E-state index contributed by atoms with van der Waals surface area (Å²) in [5.41, 5.74) is 2.80. The molecule has 0 bridgehead atoms. The number of nitrogens with one attached hydrogen (secondary N) is 2. The van der Waals surface area contributed by atoms with Gasteiger partial charge in [-0.1, -0.05) is 48.0 Å². The molecule has 152 valence electrons. The first-order chi connectivity index (χ1) is 14.5. The number of aromatic nitrogens is 2. The lowest BCUT2D eigenvalue weighted by Crippen LogP contribution is -2.31. The molecule has 0 radical (unpaired) electrons. The number of thiophene rings is 1. The molecule has 0 spiro atoms. The maximum absolute atomic E-state index is 12.5. The summed E-state index contributed by atoms with van der Waals surface area (Å²) in [7, 11) is 1.82. The molecule has 6 nitrogen and oxygen atoms in total. The Balaban J connectivity index is 1.46. The van der Waals surface area contributed by atoms with Crippen molar-refractivity contribution in [3.63, 3.8) is 0 Å². The van der Waals surface area contributed by atoms with Gasteiger partial charge in [0.05, 0.1) is 18.5 Å². The van der Waals surface area contributed by atoms with Gasteiger partial charge >= 0.3 is 0 Å². The number of aryl methyl sites for hydroxylation is 1. The van der Waals surface area contributed by atoms with Crippen LogP contribution in [0.2, 0.25) is 0 Å². The molecule has 0 aliphatic rings. The van der Waals surface area contributed by atoms with Gasteiger partial charge in [-0.15, -0.1) is 11.3 Å². The number of hydrogen-bond donors (Lipinski definition) is 2. The van der Waals surface area contributed by atoms with Crippen molar-refractivity contribution in [3.05, 3.63) is 82.4 Å². The first-order valence-corrected chi connectivity index (χ1v) is 10.4. The van der Waals surface area contributed by atoms with E-state index in [4.69, 9.17) is 0 Å². The van der Waals surface area contributed by atoms with E-state index in [1.165, 1.54) is 11.3 Å². The van der Waals surface area contributed by atoms with Crippen LogP contribution in [0.3, 0.4) is 0 Å². The highest BCUT2D eigenvalue weighted by Gasteiger charge is 2.13.